The molecule has 0 N–H and O–H groups in total. The van der Waals surface area contributed by atoms with Crippen LogP contribution in [0.15, 0.2) is 84.9 Å². The monoisotopic (exact) mass is 838 g/mol. The maximum atomic E-state index is 5.62. The molecule has 4 heterocycles. The maximum absolute atomic E-state index is 5.62. The van der Waals surface area contributed by atoms with Crippen LogP contribution >= 0.6 is 0 Å². The number of hydrogen-bond acceptors (Lipinski definition) is 4. The van der Waals surface area contributed by atoms with Crippen LogP contribution in [0.4, 0.5) is 11.4 Å². The van der Waals surface area contributed by atoms with Gasteiger partial charge in [0.1, 0.15) is 14.1 Å². The summed E-state index contributed by atoms with van der Waals surface area (Å²) < 4.78 is 15.8. The highest BCUT2D eigenvalue weighted by Crippen LogP contribution is 2.29. The molecule has 46 heavy (non-hydrogen) atoms. The fourth-order valence-electron chi connectivity index (χ4n) is 6.41. The third kappa shape index (κ3) is 7.25. The number of fused-ring (bicyclic) bond motifs is 2. The average Bonchev–Trinajstić information content (AvgIpc) is 3.09. The SMILES string of the molecule is C[n+]1c(/C=C/c2ccc(/C=C/c3cc(N4CCOCC4)c4ccccc4[n+]3C)cc2)cc(N2CCOCC2)c2ccccc21.[I-].[I-]. The van der Waals surface area contributed by atoms with Gasteiger partial charge in [0.15, 0.2) is 0 Å². The standard InChI is InChI=1S/C38H40N4O2.2HI/c1-39-31(27-37(41-19-23-43-24-20-41)33-7-3-5-9-35(33)39)17-15-29-11-13-30(14-12-29)16-18-32-28-38(42-21-25-44-26-22-42)34-8-4-6-10-36(34)40(32)2;;/h3-18,27-28H,19-26H2,1-2H3;2*1H/q+2;;/p-2/b17-15+,18-16+;;. The Balaban J connectivity index is 0.00000208. The second-order valence-electron chi connectivity index (χ2n) is 11.6. The lowest BCUT2D eigenvalue weighted by Crippen LogP contribution is -3.00. The molecule has 0 bridgehead atoms. The maximum Gasteiger partial charge on any atom is 0.214 e. The molecule has 2 fully saturated rings. The highest BCUT2D eigenvalue weighted by molar-refractivity contribution is 5.92. The normalized spacial score (nSPS) is 15.4. The molecule has 0 atom stereocenters. The van der Waals surface area contributed by atoms with Gasteiger partial charge in [0.05, 0.1) is 48.6 Å². The van der Waals surface area contributed by atoms with Gasteiger partial charge in [0, 0.05) is 62.6 Å². The van der Waals surface area contributed by atoms with Crippen LogP contribution in [0.25, 0.3) is 46.1 Å². The van der Waals surface area contributed by atoms with Crippen molar-refractivity contribution < 1.29 is 66.6 Å². The van der Waals surface area contributed by atoms with Crippen molar-refractivity contribution in [3.05, 3.63) is 107 Å². The number of ether oxygens (including phenoxy) is 2. The van der Waals surface area contributed by atoms with Gasteiger partial charge in [-0.1, -0.05) is 48.5 Å². The summed E-state index contributed by atoms with van der Waals surface area (Å²) in [4.78, 5) is 4.90. The zero-order valence-corrected chi connectivity index (χ0v) is 30.7. The fourth-order valence-corrected chi connectivity index (χ4v) is 6.41. The van der Waals surface area contributed by atoms with Gasteiger partial charge in [-0.3, -0.25) is 0 Å². The molecule has 7 rings (SSSR count). The van der Waals surface area contributed by atoms with Crippen molar-refractivity contribution in [1.82, 2.24) is 0 Å². The minimum atomic E-state index is 0. The number of rotatable bonds is 6. The van der Waals surface area contributed by atoms with Gasteiger partial charge >= 0.3 is 0 Å². The third-order valence-corrected chi connectivity index (χ3v) is 8.96. The van der Waals surface area contributed by atoms with E-state index in [2.05, 4.69) is 142 Å². The molecular formula is C38H40I2N4O2. The van der Waals surface area contributed by atoms with Gasteiger partial charge in [-0.15, -0.1) is 0 Å². The summed E-state index contributed by atoms with van der Waals surface area (Å²) in [6.07, 6.45) is 8.87. The lowest BCUT2D eigenvalue weighted by Gasteiger charge is -2.29. The molecule has 2 aliphatic rings. The summed E-state index contributed by atoms with van der Waals surface area (Å²) in [5, 5.41) is 2.56. The number of halogens is 2. The first kappa shape index (κ1) is 34.3. The lowest BCUT2D eigenvalue weighted by atomic mass is 10.1. The van der Waals surface area contributed by atoms with E-state index in [0.717, 1.165) is 52.6 Å². The fraction of sp³-hybridized carbons (Fsp3) is 0.263. The Labute approximate surface area is 306 Å². The van der Waals surface area contributed by atoms with Crippen molar-refractivity contribution in [2.45, 2.75) is 0 Å². The topological polar surface area (TPSA) is 32.7 Å². The predicted octanol–water partition coefficient (Wildman–Crippen LogP) is -0.336. The van der Waals surface area contributed by atoms with Crippen molar-refractivity contribution >= 4 is 57.5 Å². The molecule has 0 spiro atoms. The summed E-state index contributed by atoms with van der Waals surface area (Å²) in [6.45, 7) is 6.77. The molecule has 2 aromatic heterocycles. The molecule has 0 saturated carbocycles. The molecular weight excluding hydrogens is 798 g/mol. The minimum absolute atomic E-state index is 0. The van der Waals surface area contributed by atoms with Gasteiger partial charge in [-0.2, -0.15) is 9.13 Å². The zero-order chi connectivity index (χ0) is 29.9. The number of aryl methyl sites for hydroxylation is 2. The van der Waals surface area contributed by atoms with Crippen LogP contribution in [0.1, 0.15) is 22.5 Å². The highest BCUT2D eigenvalue weighted by atomic mass is 127. The van der Waals surface area contributed by atoms with E-state index in [4.69, 9.17) is 9.47 Å². The molecule has 0 radical (unpaired) electrons. The smallest absolute Gasteiger partial charge is 0.214 e. The Bertz CT molecular complexity index is 1730. The molecule has 0 unspecified atom stereocenters. The molecule has 3 aromatic carbocycles. The summed E-state index contributed by atoms with van der Waals surface area (Å²) in [5.74, 6) is 0. The predicted molar refractivity (Wildman–Crippen MR) is 181 cm³/mol. The summed E-state index contributed by atoms with van der Waals surface area (Å²) in [5.41, 5.74) is 9.72. The van der Waals surface area contributed by atoms with Crippen LogP contribution in [0.2, 0.25) is 0 Å². The van der Waals surface area contributed by atoms with E-state index in [0.29, 0.717) is 0 Å². The van der Waals surface area contributed by atoms with E-state index < -0.39 is 0 Å². The second-order valence-corrected chi connectivity index (χ2v) is 11.6. The van der Waals surface area contributed by atoms with Gasteiger partial charge in [0.2, 0.25) is 22.4 Å². The Hall–Kier alpha value is -3.06. The molecule has 5 aromatic rings. The Morgan fingerprint density at radius 1 is 0.522 bits per heavy atom. The second kappa shape index (κ2) is 15.7. The van der Waals surface area contributed by atoms with Crippen LogP contribution in [-0.2, 0) is 23.6 Å². The van der Waals surface area contributed by atoms with Gasteiger partial charge in [-0.05, 0) is 35.4 Å². The van der Waals surface area contributed by atoms with Gasteiger partial charge in [0.25, 0.3) is 0 Å². The number of morpholine rings is 2. The van der Waals surface area contributed by atoms with Gasteiger partial charge in [-0.25, -0.2) is 0 Å². The van der Waals surface area contributed by atoms with E-state index in [1.807, 2.05) is 0 Å². The number of hydrogen-bond donors (Lipinski definition) is 0. The van der Waals surface area contributed by atoms with Crippen molar-refractivity contribution in [3.63, 3.8) is 0 Å². The van der Waals surface area contributed by atoms with Crippen LogP contribution < -0.4 is 66.9 Å². The molecule has 2 aliphatic heterocycles. The van der Waals surface area contributed by atoms with Crippen LogP contribution in [0, 0.1) is 0 Å². The first-order valence-electron chi connectivity index (χ1n) is 15.6. The molecule has 238 valence electrons. The van der Waals surface area contributed by atoms with Crippen LogP contribution in [0.3, 0.4) is 0 Å². The minimum Gasteiger partial charge on any atom is -1.00 e. The number of anilines is 2. The Morgan fingerprint density at radius 2 is 0.891 bits per heavy atom. The lowest BCUT2D eigenvalue weighted by molar-refractivity contribution is -0.646. The number of para-hydroxylation sites is 2. The number of pyridine rings is 2. The van der Waals surface area contributed by atoms with Crippen molar-refractivity contribution in [3.8, 4) is 0 Å². The molecule has 6 nitrogen and oxygen atoms in total. The Morgan fingerprint density at radius 3 is 1.28 bits per heavy atom. The first-order chi connectivity index (χ1) is 21.7. The van der Waals surface area contributed by atoms with E-state index in [-0.39, 0.29) is 48.0 Å². The van der Waals surface area contributed by atoms with Crippen LogP contribution in [-0.4, -0.2) is 52.6 Å². The summed E-state index contributed by atoms with van der Waals surface area (Å²) in [6, 6.07) is 30.8. The average molecular weight is 839 g/mol. The van der Waals surface area contributed by atoms with E-state index in [9.17, 15) is 0 Å². The van der Waals surface area contributed by atoms with Crippen molar-refractivity contribution in [1.29, 1.82) is 0 Å². The van der Waals surface area contributed by atoms with Crippen LogP contribution in [0.5, 0.6) is 0 Å². The summed E-state index contributed by atoms with van der Waals surface area (Å²) >= 11 is 0. The van der Waals surface area contributed by atoms with Gasteiger partial charge < -0.3 is 67.2 Å². The Kier molecular flexibility index (Phi) is 11.7. The molecule has 2 saturated heterocycles. The molecule has 0 amide bonds. The van der Waals surface area contributed by atoms with E-state index >= 15 is 0 Å². The quantitative estimate of drug-likeness (QED) is 0.174. The zero-order valence-electron chi connectivity index (χ0n) is 26.4. The van der Waals surface area contributed by atoms with E-state index in [1.165, 1.54) is 55.7 Å². The summed E-state index contributed by atoms with van der Waals surface area (Å²) in [7, 11) is 4.30. The largest absolute Gasteiger partial charge is 1.00 e. The highest BCUT2D eigenvalue weighted by Gasteiger charge is 2.21. The third-order valence-electron chi connectivity index (χ3n) is 8.96. The number of benzene rings is 3. The van der Waals surface area contributed by atoms with E-state index in [1.54, 1.807) is 0 Å². The number of nitrogens with zero attached hydrogens (tertiary/aromatic N) is 4. The first-order valence-corrected chi connectivity index (χ1v) is 15.6. The van der Waals surface area contributed by atoms with Crippen molar-refractivity contribution in [2.75, 3.05) is 62.4 Å². The molecule has 8 heteroatoms. The van der Waals surface area contributed by atoms with Crippen molar-refractivity contribution in [2.24, 2.45) is 14.1 Å². The molecule has 0 aliphatic carbocycles. The number of aromatic nitrogens is 2.